The lowest BCUT2D eigenvalue weighted by atomic mass is 9.90. The average molecular weight is 338 g/mol. The fourth-order valence-electron chi connectivity index (χ4n) is 2.59. The fraction of sp³-hybridized carbons (Fsp3) is 0.333. The molecule has 0 saturated heterocycles. The van der Waals surface area contributed by atoms with E-state index >= 15 is 0 Å². The summed E-state index contributed by atoms with van der Waals surface area (Å²) >= 11 is 0. The Morgan fingerprint density at radius 3 is 2.00 bits per heavy atom. The van der Waals surface area contributed by atoms with Crippen LogP contribution in [0.25, 0.3) is 0 Å². The summed E-state index contributed by atoms with van der Waals surface area (Å²) < 4.78 is 0. The first-order chi connectivity index (χ1) is 11.7. The predicted octanol–water partition coefficient (Wildman–Crippen LogP) is 4.15. The number of nitrogens with one attached hydrogen (secondary N) is 2. The molecule has 2 N–H and O–H groups in total. The second-order valence-electron chi connectivity index (χ2n) is 6.95. The van der Waals surface area contributed by atoms with Crippen LogP contribution >= 0.6 is 0 Å². The van der Waals surface area contributed by atoms with Crippen molar-refractivity contribution in [3.05, 3.63) is 65.2 Å². The second-order valence-corrected chi connectivity index (χ2v) is 6.95. The molecule has 1 atom stereocenters. The smallest absolute Gasteiger partial charge is 0.239 e. The van der Waals surface area contributed by atoms with E-state index in [1.165, 1.54) is 0 Å². The minimum absolute atomic E-state index is 0.166. The van der Waals surface area contributed by atoms with Crippen molar-refractivity contribution in [3.8, 4) is 0 Å². The van der Waals surface area contributed by atoms with Crippen molar-refractivity contribution >= 4 is 17.5 Å². The van der Waals surface area contributed by atoms with E-state index in [0.717, 1.165) is 22.4 Å². The monoisotopic (exact) mass is 338 g/mol. The van der Waals surface area contributed by atoms with Crippen LogP contribution in [0.3, 0.4) is 0 Å². The van der Waals surface area contributed by atoms with E-state index in [4.69, 9.17) is 0 Å². The van der Waals surface area contributed by atoms with Gasteiger partial charge in [-0.1, -0.05) is 48.5 Å². The Morgan fingerprint density at radius 2 is 1.44 bits per heavy atom. The van der Waals surface area contributed by atoms with Crippen molar-refractivity contribution < 1.29 is 9.59 Å². The third-order valence-electron chi connectivity index (χ3n) is 4.50. The molecule has 0 heterocycles. The maximum absolute atomic E-state index is 12.7. The first-order valence-corrected chi connectivity index (χ1v) is 8.47. The highest BCUT2D eigenvalue weighted by Gasteiger charge is 2.37. The molecule has 2 aromatic rings. The van der Waals surface area contributed by atoms with Gasteiger partial charge < -0.3 is 10.6 Å². The molecule has 1 unspecified atom stereocenters. The molecule has 0 aliphatic rings. The highest BCUT2D eigenvalue weighted by atomic mass is 16.2. The highest BCUT2D eigenvalue weighted by Crippen LogP contribution is 2.25. The van der Waals surface area contributed by atoms with Gasteiger partial charge in [0.2, 0.25) is 11.8 Å². The van der Waals surface area contributed by atoms with Crippen LogP contribution in [0.5, 0.6) is 0 Å². The maximum atomic E-state index is 12.7. The molecule has 0 fully saturated rings. The van der Waals surface area contributed by atoms with Crippen LogP contribution in [-0.2, 0) is 9.59 Å². The summed E-state index contributed by atoms with van der Waals surface area (Å²) in [5.41, 5.74) is 2.54. The minimum Gasteiger partial charge on any atom is -0.349 e. The maximum Gasteiger partial charge on any atom is 0.239 e. The lowest BCUT2D eigenvalue weighted by molar-refractivity contribution is -0.138. The van der Waals surface area contributed by atoms with Gasteiger partial charge in [0.1, 0.15) is 5.41 Å². The normalized spacial score (nSPS) is 12.4. The van der Waals surface area contributed by atoms with Crippen LogP contribution in [0, 0.1) is 19.3 Å². The molecule has 2 rings (SSSR count). The van der Waals surface area contributed by atoms with E-state index in [1.807, 2.05) is 69.3 Å². The van der Waals surface area contributed by atoms with Gasteiger partial charge in [-0.05, 0) is 51.3 Å². The first kappa shape index (κ1) is 18.7. The Kier molecular flexibility index (Phi) is 5.62. The first-order valence-electron chi connectivity index (χ1n) is 8.47. The number of carbonyl (C=O) groups excluding carboxylic acids is 2. The van der Waals surface area contributed by atoms with Crippen molar-refractivity contribution in [2.45, 2.75) is 40.7 Å². The predicted molar refractivity (Wildman–Crippen MR) is 101 cm³/mol. The number of rotatable bonds is 5. The number of anilines is 1. The Morgan fingerprint density at radius 1 is 0.880 bits per heavy atom. The van der Waals surface area contributed by atoms with Gasteiger partial charge in [-0.2, -0.15) is 0 Å². The number of benzene rings is 2. The molecule has 0 aliphatic heterocycles. The van der Waals surface area contributed by atoms with Gasteiger partial charge in [0.15, 0.2) is 0 Å². The second kappa shape index (κ2) is 7.51. The quantitative estimate of drug-likeness (QED) is 0.805. The molecule has 2 amide bonds. The Bertz CT molecular complexity index is 746. The summed E-state index contributed by atoms with van der Waals surface area (Å²) in [5.74, 6) is -0.616. The fourth-order valence-corrected chi connectivity index (χ4v) is 2.59. The number of carbonyl (C=O) groups is 2. The summed E-state index contributed by atoms with van der Waals surface area (Å²) in [5, 5.41) is 5.85. The van der Waals surface area contributed by atoms with Crippen LogP contribution < -0.4 is 10.6 Å². The molecule has 0 bridgehead atoms. The Labute approximate surface area is 149 Å². The summed E-state index contributed by atoms with van der Waals surface area (Å²) in [4.78, 5) is 25.4. The van der Waals surface area contributed by atoms with Crippen LogP contribution in [0.2, 0.25) is 0 Å². The molecular weight excluding hydrogens is 312 g/mol. The average Bonchev–Trinajstić information content (AvgIpc) is 2.58. The highest BCUT2D eigenvalue weighted by molar-refractivity contribution is 6.10. The van der Waals surface area contributed by atoms with Gasteiger partial charge in [0.05, 0.1) is 6.04 Å². The van der Waals surface area contributed by atoms with Crippen molar-refractivity contribution in [2.75, 3.05) is 5.32 Å². The molecule has 25 heavy (non-hydrogen) atoms. The number of hydrogen-bond acceptors (Lipinski definition) is 2. The van der Waals surface area contributed by atoms with Crippen LogP contribution in [0.4, 0.5) is 5.69 Å². The van der Waals surface area contributed by atoms with Gasteiger partial charge in [0, 0.05) is 5.69 Å². The molecule has 0 aliphatic carbocycles. The molecule has 4 heteroatoms. The largest absolute Gasteiger partial charge is 0.349 e. The molecule has 0 spiro atoms. The Hall–Kier alpha value is -2.62. The molecule has 132 valence electrons. The number of para-hydroxylation sites is 1. The molecular formula is C21H26N2O2. The van der Waals surface area contributed by atoms with Crippen molar-refractivity contribution in [1.29, 1.82) is 0 Å². The van der Waals surface area contributed by atoms with Crippen molar-refractivity contribution in [1.82, 2.24) is 5.32 Å². The lowest BCUT2D eigenvalue weighted by Gasteiger charge is -2.26. The number of hydrogen-bond donors (Lipinski definition) is 2. The zero-order valence-corrected chi connectivity index (χ0v) is 15.5. The van der Waals surface area contributed by atoms with Crippen LogP contribution in [0.15, 0.2) is 48.5 Å². The third kappa shape index (κ3) is 4.27. The van der Waals surface area contributed by atoms with Gasteiger partial charge in [-0.25, -0.2) is 0 Å². The van der Waals surface area contributed by atoms with E-state index < -0.39 is 5.41 Å². The van der Waals surface area contributed by atoms with Gasteiger partial charge in [0.25, 0.3) is 0 Å². The van der Waals surface area contributed by atoms with Crippen LogP contribution in [0.1, 0.15) is 43.5 Å². The summed E-state index contributed by atoms with van der Waals surface area (Å²) in [6.07, 6.45) is 0. The zero-order chi connectivity index (χ0) is 18.6. The Balaban J connectivity index is 2.11. The molecule has 4 nitrogen and oxygen atoms in total. The van der Waals surface area contributed by atoms with E-state index in [9.17, 15) is 9.59 Å². The zero-order valence-electron chi connectivity index (χ0n) is 15.5. The molecule has 0 saturated carbocycles. The SMILES string of the molecule is Cc1cccc(C)c1NC(=O)C(C)(C)C(=O)NC(C)c1ccccc1. The number of aryl methyl sites for hydroxylation is 2. The molecule has 0 aromatic heterocycles. The van der Waals surface area contributed by atoms with Gasteiger partial charge in [-0.3, -0.25) is 9.59 Å². The van der Waals surface area contributed by atoms with Crippen molar-refractivity contribution in [2.24, 2.45) is 5.41 Å². The topological polar surface area (TPSA) is 58.2 Å². The summed E-state index contributed by atoms with van der Waals surface area (Å²) in [6.45, 7) is 9.07. The van der Waals surface area contributed by atoms with Gasteiger partial charge >= 0.3 is 0 Å². The van der Waals surface area contributed by atoms with E-state index in [1.54, 1.807) is 13.8 Å². The van der Waals surface area contributed by atoms with Gasteiger partial charge in [-0.15, -0.1) is 0 Å². The van der Waals surface area contributed by atoms with Crippen LogP contribution in [-0.4, -0.2) is 11.8 Å². The van der Waals surface area contributed by atoms with Crippen molar-refractivity contribution in [3.63, 3.8) is 0 Å². The minimum atomic E-state index is -1.18. The van der Waals surface area contributed by atoms with E-state index in [-0.39, 0.29) is 17.9 Å². The third-order valence-corrected chi connectivity index (χ3v) is 4.50. The lowest BCUT2D eigenvalue weighted by Crippen LogP contribution is -2.46. The standard InChI is InChI=1S/C21H26N2O2/c1-14-10-9-11-15(2)18(14)23-20(25)21(4,5)19(24)22-16(3)17-12-7-6-8-13-17/h6-13,16H,1-5H3,(H,22,24)(H,23,25). The summed E-state index contributed by atoms with van der Waals surface area (Å²) in [7, 11) is 0. The van der Waals surface area contributed by atoms with E-state index in [0.29, 0.717) is 0 Å². The molecule has 0 radical (unpaired) electrons. The summed E-state index contributed by atoms with van der Waals surface area (Å²) in [6, 6.07) is 15.3. The molecule has 2 aromatic carbocycles. The number of amides is 2. The van der Waals surface area contributed by atoms with E-state index in [2.05, 4.69) is 10.6 Å².